The monoisotopic (exact) mass is 273 g/mol. The van der Waals surface area contributed by atoms with Gasteiger partial charge in [-0.2, -0.15) is 0 Å². The zero-order valence-corrected chi connectivity index (χ0v) is 11.2. The maximum Gasteiger partial charge on any atom is 0.335 e. The van der Waals surface area contributed by atoms with Crippen molar-refractivity contribution in [2.24, 2.45) is 0 Å². The molecule has 0 saturated heterocycles. The smallest absolute Gasteiger partial charge is 0.335 e. The summed E-state index contributed by atoms with van der Waals surface area (Å²) in [7, 11) is 1.57. The van der Waals surface area contributed by atoms with E-state index in [-0.39, 0.29) is 0 Å². The summed E-state index contributed by atoms with van der Waals surface area (Å²) in [5.74, 6) is -0.333. The van der Waals surface area contributed by atoms with Gasteiger partial charge in [-0.15, -0.1) is 0 Å². The molecule has 0 amide bonds. The molecule has 1 unspecified atom stereocenters. The summed E-state index contributed by atoms with van der Waals surface area (Å²) in [6, 6.07) is 7.00. The van der Waals surface area contributed by atoms with Crippen LogP contribution in [0.25, 0.3) is 0 Å². The molecule has 20 heavy (non-hydrogen) atoms. The number of benzene rings is 1. The van der Waals surface area contributed by atoms with Crippen LogP contribution in [-0.2, 0) is 10.3 Å². The molecule has 0 radical (unpaired) electrons. The Balaban J connectivity index is 2.32. The molecule has 2 N–H and O–H groups in total. The van der Waals surface area contributed by atoms with E-state index in [1.165, 1.54) is 18.6 Å². The van der Waals surface area contributed by atoms with E-state index < -0.39 is 11.5 Å². The number of hydrogen-bond acceptors (Lipinski definition) is 5. The van der Waals surface area contributed by atoms with Gasteiger partial charge < -0.3 is 15.2 Å². The Kier molecular flexibility index (Phi) is 3.84. The molecule has 2 aromatic rings. The van der Waals surface area contributed by atoms with Crippen LogP contribution in [0, 0.1) is 0 Å². The minimum absolute atomic E-state index is 0.336. The highest BCUT2D eigenvalue weighted by atomic mass is 16.5. The molecule has 2 rings (SSSR count). The number of ether oxygens (including phenoxy) is 1. The topological polar surface area (TPSA) is 84.3 Å². The largest absolute Gasteiger partial charge is 0.497 e. The van der Waals surface area contributed by atoms with Gasteiger partial charge in [-0.05, 0) is 31.2 Å². The van der Waals surface area contributed by atoms with E-state index in [0.29, 0.717) is 17.1 Å². The number of aliphatic carboxylic acids is 1. The first-order chi connectivity index (χ1) is 9.56. The van der Waals surface area contributed by atoms with Crippen molar-refractivity contribution in [2.75, 3.05) is 12.4 Å². The minimum atomic E-state index is -1.36. The molecular weight excluding hydrogens is 258 g/mol. The van der Waals surface area contributed by atoms with Crippen molar-refractivity contribution in [1.29, 1.82) is 0 Å². The van der Waals surface area contributed by atoms with Crippen molar-refractivity contribution in [2.45, 2.75) is 12.5 Å². The van der Waals surface area contributed by atoms with Gasteiger partial charge in [0.25, 0.3) is 0 Å². The lowest BCUT2D eigenvalue weighted by atomic mass is 9.98. The van der Waals surface area contributed by atoms with Crippen LogP contribution in [-0.4, -0.2) is 28.2 Å². The van der Waals surface area contributed by atoms with Crippen LogP contribution in [0.5, 0.6) is 5.75 Å². The quantitative estimate of drug-likeness (QED) is 0.865. The maximum absolute atomic E-state index is 11.6. The third-order valence-electron chi connectivity index (χ3n) is 2.99. The van der Waals surface area contributed by atoms with Gasteiger partial charge in [-0.3, -0.25) is 9.97 Å². The van der Waals surface area contributed by atoms with E-state index in [2.05, 4.69) is 15.3 Å². The third-order valence-corrected chi connectivity index (χ3v) is 2.99. The van der Waals surface area contributed by atoms with Crippen molar-refractivity contribution in [3.8, 4) is 5.75 Å². The summed E-state index contributed by atoms with van der Waals surface area (Å²) < 4.78 is 5.06. The molecule has 6 heteroatoms. The molecule has 1 aromatic carbocycles. The van der Waals surface area contributed by atoms with E-state index in [9.17, 15) is 9.90 Å². The van der Waals surface area contributed by atoms with Gasteiger partial charge in [0, 0.05) is 18.1 Å². The van der Waals surface area contributed by atoms with Gasteiger partial charge in [0.05, 0.1) is 19.0 Å². The summed E-state index contributed by atoms with van der Waals surface area (Å²) in [4.78, 5) is 19.6. The number of hydrogen-bond donors (Lipinski definition) is 2. The number of methoxy groups -OCH3 is 1. The van der Waals surface area contributed by atoms with Crippen LogP contribution in [0.2, 0.25) is 0 Å². The number of carbonyl (C=O) groups is 1. The molecule has 0 spiro atoms. The van der Waals surface area contributed by atoms with Crippen LogP contribution in [0.4, 0.5) is 5.69 Å². The second-order valence-electron chi connectivity index (χ2n) is 4.37. The van der Waals surface area contributed by atoms with E-state index in [0.717, 1.165) is 0 Å². The van der Waals surface area contributed by atoms with Gasteiger partial charge in [-0.25, -0.2) is 4.79 Å². The van der Waals surface area contributed by atoms with E-state index in [4.69, 9.17) is 4.74 Å². The number of nitrogens with one attached hydrogen (secondary N) is 1. The summed E-state index contributed by atoms with van der Waals surface area (Å²) in [6.07, 6.45) is 4.40. The van der Waals surface area contributed by atoms with Gasteiger partial charge in [0.15, 0.2) is 5.54 Å². The normalized spacial score (nSPS) is 13.3. The lowest BCUT2D eigenvalue weighted by molar-refractivity contribution is -0.142. The van der Waals surface area contributed by atoms with Crippen LogP contribution in [0.15, 0.2) is 42.9 Å². The van der Waals surface area contributed by atoms with Crippen molar-refractivity contribution in [3.05, 3.63) is 48.5 Å². The molecule has 1 heterocycles. The number of carboxylic acids is 1. The Morgan fingerprint density at radius 3 is 2.50 bits per heavy atom. The average Bonchev–Trinajstić information content (AvgIpc) is 2.48. The number of anilines is 1. The molecule has 0 bridgehead atoms. The van der Waals surface area contributed by atoms with Crippen molar-refractivity contribution >= 4 is 11.7 Å². The standard InChI is InChI=1S/C14H15N3O3/c1-14(13(18)19,12-9-15-7-8-16-12)17-10-3-5-11(20-2)6-4-10/h3-9,17H,1-2H3,(H,18,19). The number of nitrogens with zero attached hydrogens (tertiary/aromatic N) is 2. The Morgan fingerprint density at radius 1 is 1.30 bits per heavy atom. The summed E-state index contributed by atoms with van der Waals surface area (Å²) >= 11 is 0. The fourth-order valence-corrected chi connectivity index (χ4v) is 1.75. The van der Waals surface area contributed by atoms with Gasteiger partial charge in [-0.1, -0.05) is 0 Å². The van der Waals surface area contributed by atoms with Gasteiger partial charge in [0.2, 0.25) is 0 Å². The summed E-state index contributed by atoms with van der Waals surface area (Å²) in [5, 5.41) is 12.5. The van der Waals surface area contributed by atoms with Crippen molar-refractivity contribution < 1.29 is 14.6 Å². The highest BCUT2D eigenvalue weighted by Crippen LogP contribution is 2.25. The zero-order valence-electron chi connectivity index (χ0n) is 11.2. The molecule has 0 aliphatic rings. The van der Waals surface area contributed by atoms with Crippen molar-refractivity contribution in [3.63, 3.8) is 0 Å². The molecular formula is C14H15N3O3. The number of carboxylic acid groups (broad SMARTS) is 1. The first-order valence-corrected chi connectivity index (χ1v) is 5.98. The Hall–Kier alpha value is -2.63. The van der Waals surface area contributed by atoms with E-state index in [1.54, 1.807) is 38.3 Å². The highest BCUT2D eigenvalue weighted by Gasteiger charge is 2.37. The highest BCUT2D eigenvalue weighted by molar-refractivity contribution is 5.83. The first kappa shape index (κ1) is 13.8. The molecule has 0 fully saturated rings. The minimum Gasteiger partial charge on any atom is -0.497 e. The molecule has 6 nitrogen and oxygen atoms in total. The van der Waals surface area contributed by atoms with Gasteiger partial charge >= 0.3 is 5.97 Å². The molecule has 0 aliphatic heterocycles. The van der Waals surface area contributed by atoms with Crippen LogP contribution < -0.4 is 10.1 Å². The Labute approximate surface area is 116 Å². The van der Waals surface area contributed by atoms with Gasteiger partial charge in [0.1, 0.15) is 5.75 Å². The number of aromatic nitrogens is 2. The first-order valence-electron chi connectivity index (χ1n) is 5.98. The van der Waals surface area contributed by atoms with E-state index in [1.807, 2.05) is 0 Å². The van der Waals surface area contributed by atoms with E-state index >= 15 is 0 Å². The zero-order chi connectivity index (χ0) is 14.6. The van der Waals surface area contributed by atoms with Crippen LogP contribution in [0.3, 0.4) is 0 Å². The fraction of sp³-hybridized carbons (Fsp3) is 0.214. The second kappa shape index (κ2) is 5.56. The predicted molar refractivity (Wildman–Crippen MR) is 73.6 cm³/mol. The molecule has 0 saturated carbocycles. The fourth-order valence-electron chi connectivity index (χ4n) is 1.75. The average molecular weight is 273 g/mol. The molecule has 0 aliphatic carbocycles. The van der Waals surface area contributed by atoms with Crippen LogP contribution in [0.1, 0.15) is 12.6 Å². The lowest BCUT2D eigenvalue weighted by Crippen LogP contribution is -2.41. The van der Waals surface area contributed by atoms with Crippen LogP contribution >= 0.6 is 0 Å². The summed E-state index contributed by atoms with van der Waals surface area (Å²) in [6.45, 7) is 1.55. The maximum atomic E-state index is 11.6. The SMILES string of the molecule is COc1ccc(NC(C)(C(=O)O)c2cnccn2)cc1. The Bertz CT molecular complexity index is 586. The number of rotatable bonds is 5. The second-order valence-corrected chi connectivity index (χ2v) is 4.37. The Morgan fingerprint density at radius 2 is 2.00 bits per heavy atom. The molecule has 1 aromatic heterocycles. The third kappa shape index (κ3) is 2.69. The summed E-state index contributed by atoms with van der Waals surface area (Å²) in [5.41, 5.74) is -0.368. The predicted octanol–water partition coefficient (Wildman–Crippen LogP) is 1.90. The molecule has 104 valence electrons. The lowest BCUT2D eigenvalue weighted by Gasteiger charge is -2.26. The molecule has 1 atom stereocenters. The van der Waals surface area contributed by atoms with Crippen molar-refractivity contribution in [1.82, 2.24) is 9.97 Å².